The van der Waals surface area contributed by atoms with Crippen LogP contribution in [0.2, 0.25) is 0 Å². The van der Waals surface area contributed by atoms with E-state index < -0.39 is 12.1 Å². The second-order valence-electron chi connectivity index (χ2n) is 4.58. The van der Waals surface area contributed by atoms with Crippen LogP contribution in [-0.2, 0) is 9.53 Å². The number of benzene rings is 1. The molecule has 1 N–H and O–H groups in total. The van der Waals surface area contributed by atoms with Crippen molar-refractivity contribution >= 4 is 11.9 Å². The first-order valence-electron chi connectivity index (χ1n) is 6.81. The molecule has 6 nitrogen and oxygen atoms in total. The molecule has 0 aliphatic rings. The van der Waals surface area contributed by atoms with Crippen LogP contribution in [0.3, 0.4) is 0 Å². The van der Waals surface area contributed by atoms with E-state index >= 15 is 0 Å². The maximum absolute atomic E-state index is 12.0. The van der Waals surface area contributed by atoms with Gasteiger partial charge in [0.1, 0.15) is 0 Å². The van der Waals surface area contributed by atoms with Crippen LogP contribution >= 0.6 is 0 Å². The number of aromatic nitrogens is 2. The third-order valence-corrected chi connectivity index (χ3v) is 2.95. The molecule has 1 aromatic carbocycles. The lowest BCUT2D eigenvalue weighted by Gasteiger charge is -2.13. The molecule has 1 heterocycles. The van der Waals surface area contributed by atoms with Gasteiger partial charge in [0.05, 0.1) is 11.3 Å². The lowest BCUT2D eigenvalue weighted by atomic mass is 10.2. The fraction of sp³-hybridized carbons (Fsp3) is 0.188. The van der Waals surface area contributed by atoms with Crippen LogP contribution in [0.5, 0.6) is 0 Å². The van der Waals surface area contributed by atoms with E-state index in [0.717, 1.165) is 5.69 Å². The van der Waals surface area contributed by atoms with Crippen molar-refractivity contribution in [2.24, 2.45) is 0 Å². The fourth-order valence-corrected chi connectivity index (χ4v) is 1.77. The van der Waals surface area contributed by atoms with Crippen molar-refractivity contribution in [3.05, 3.63) is 60.9 Å². The molecule has 2 aromatic rings. The second-order valence-corrected chi connectivity index (χ2v) is 4.58. The van der Waals surface area contributed by atoms with Gasteiger partial charge in [-0.2, -0.15) is 5.10 Å². The van der Waals surface area contributed by atoms with Crippen LogP contribution in [0, 0.1) is 0 Å². The predicted molar refractivity (Wildman–Crippen MR) is 81.6 cm³/mol. The minimum absolute atomic E-state index is 0.333. The van der Waals surface area contributed by atoms with Gasteiger partial charge in [0.2, 0.25) is 0 Å². The van der Waals surface area contributed by atoms with Crippen molar-refractivity contribution in [3.8, 4) is 5.69 Å². The highest BCUT2D eigenvalue weighted by Gasteiger charge is 2.18. The summed E-state index contributed by atoms with van der Waals surface area (Å²) in [6.45, 7) is 5.36. The van der Waals surface area contributed by atoms with Gasteiger partial charge in [-0.05, 0) is 37.3 Å². The monoisotopic (exact) mass is 299 g/mol. The molecular formula is C16H17N3O3. The number of carbonyl (C=O) groups excluding carboxylic acids is 2. The van der Waals surface area contributed by atoms with Gasteiger partial charge in [0.25, 0.3) is 5.91 Å². The van der Waals surface area contributed by atoms with Crippen LogP contribution in [-0.4, -0.2) is 34.3 Å². The Balaban J connectivity index is 1.98. The smallest absolute Gasteiger partial charge is 0.338 e. The molecule has 0 saturated heterocycles. The topological polar surface area (TPSA) is 73.2 Å². The van der Waals surface area contributed by atoms with Gasteiger partial charge in [-0.25, -0.2) is 9.48 Å². The van der Waals surface area contributed by atoms with Crippen LogP contribution in [0.1, 0.15) is 17.3 Å². The number of hydrogen-bond acceptors (Lipinski definition) is 4. The van der Waals surface area contributed by atoms with Gasteiger partial charge in [-0.1, -0.05) is 6.08 Å². The van der Waals surface area contributed by atoms with Crippen molar-refractivity contribution in [1.29, 1.82) is 0 Å². The van der Waals surface area contributed by atoms with Gasteiger partial charge >= 0.3 is 5.97 Å². The van der Waals surface area contributed by atoms with Gasteiger partial charge in [-0.3, -0.25) is 4.79 Å². The normalized spacial score (nSPS) is 11.5. The van der Waals surface area contributed by atoms with E-state index in [1.54, 1.807) is 47.4 Å². The van der Waals surface area contributed by atoms with Crippen molar-refractivity contribution in [2.75, 3.05) is 6.54 Å². The quantitative estimate of drug-likeness (QED) is 0.651. The zero-order chi connectivity index (χ0) is 15.9. The maximum Gasteiger partial charge on any atom is 0.338 e. The van der Waals surface area contributed by atoms with Crippen LogP contribution in [0.25, 0.3) is 5.69 Å². The fourth-order valence-electron chi connectivity index (χ4n) is 1.77. The molecule has 0 fully saturated rings. The van der Waals surface area contributed by atoms with E-state index in [1.807, 2.05) is 6.07 Å². The molecular weight excluding hydrogens is 282 g/mol. The summed E-state index contributed by atoms with van der Waals surface area (Å²) in [7, 11) is 0. The number of esters is 1. The highest BCUT2D eigenvalue weighted by molar-refractivity contribution is 5.92. The molecule has 0 aliphatic heterocycles. The molecule has 1 unspecified atom stereocenters. The van der Waals surface area contributed by atoms with Crippen LogP contribution in [0.4, 0.5) is 0 Å². The highest BCUT2D eigenvalue weighted by atomic mass is 16.5. The Morgan fingerprint density at radius 1 is 1.41 bits per heavy atom. The first-order valence-corrected chi connectivity index (χ1v) is 6.81. The van der Waals surface area contributed by atoms with Crippen molar-refractivity contribution < 1.29 is 14.3 Å². The summed E-state index contributed by atoms with van der Waals surface area (Å²) in [5.74, 6) is -0.908. The summed E-state index contributed by atoms with van der Waals surface area (Å²) < 4.78 is 6.80. The molecule has 1 atom stereocenters. The summed E-state index contributed by atoms with van der Waals surface area (Å²) in [5, 5.41) is 6.67. The van der Waals surface area contributed by atoms with Gasteiger partial charge in [0.15, 0.2) is 6.10 Å². The second kappa shape index (κ2) is 7.21. The average molecular weight is 299 g/mol. The average Bonchev–Trinajstić information content (AvgIpc) is 3.07. The minimum Gasteiger partial charge on any atom is -0.449 e. The number of ether oxygens (including phenoxy) is 1. The summed E-state index contributed by atoms with van der Waals surface area (Å²) in [4.78, 5) is 23.6. The zero-order valence-corrected chi connectivity index (χ0v) is 12.2. The maximum atomic E-state index is 12.0. The van der Waals surface area contributed by atoms with Crippen molar-refractivity contribution in [1.82, 2.24) is 15.1 Å². The minimum atomic E-state index is -0.863. The molecule has 0 aliphatic carbocycles. The molecule has 114 valence electrons. The van der Waals surface area contributed by atoms with Gasteiger partial charge < -0.3 is 10.1 Å². The van der Waals surface area contributed by atoms with Gasteiger partial charge in [-0.15, -0.1) is 6.58 Å². The van der Waals surface area contributed by atoms with E-state index in [0.29, 0.717) is 12.1 Å². The predicted octanol–water partition coefficient (Wildman–Crippen LogP) is 1.72. The number of nitrogens with zero attached hydrogens (tertiary/aromatic N) is 2. The van der Waals surface area contributed by atoms with E-state index in [1.165, 1.54) is 6.92 Å². The molecule has 0 spiro atoms. The lowest BCUT2D eigenvalue weighted by molar-refractivity contribution is -0.128. The summed E-state index contributed by atoms with van der Waals surface area (Å²) in [5.41, 5.74) is 1.21. The third-order valence-electron chi connectivity index (χ3n) is 2.95. The van der Waals surface area contributed by atoms with Gasteiger partial charge in [0, 0.05) is 18.9 Å². The molecule has 6 heteroatoms. The molecule has 1 amide bonds. The largest absolute Gasteiger partial charge is 0.449 e. The van der Waals surface area contributed by atoms with E-state index in [4.69, 9.17) is 4.74 Å². The van der Waals surface area contributed by atoms with E-state index in [2.05, 4.69) is 17.0 Å². The summed E-state index contributed by atoms with van der Waals surface area (Å²) >= 11 is 0. The number of amides is 1. The Kier molecular flexibility index (Phi) is 5.08. The first kappa shape index (κ1) is 15.5. The van der Waals surface area contributed by atoms with Crippen molar-refractivity contribution in [2.45, 2.75) is 13.0 Å². The number of nitrogens with one attached hydrogen (secondary N) is 1. The Morgan fingerprint density at radius 2 is 2.14 bits per heavy atom. The number of rotatable bonds is 6. The molecule has 2 rings (SSSR count). The Hall–Kier alpha value is -2.89. The Morgan fingerprint density at radius 3 is 2.73 bits per heavy atom. The van der Waals surface area contributed by atoms with Crippen molar-refractivity contribution in [3.63, 3.8) is 0 Å². The first-order chi connectivity index (χ1) is 10.6. The Bertz CT molecular complexity index is 648. The molecule has 0 saturated carbocycles. The SMILES string of the molecule is C=CCNC(=O)C(C)OC(=O)c1ccc(-n2cccn2)cc1. The van der Waals surface area contributed by atoms with E-state index in [9.17, 15) is 9.59 Å². The standard InChI is InChI=1S/C16H17N3O3/c1-3-9-17-15(20)12(2)22-16(21)13-5-7-14(8-6-13)19-11-4-10-18-19/h3-8,10-12H,1,9H2,2H3,(H,17,20). The number of carbonyl (C=O) groups is 2. The molecule has 1 aromatic heterocycles. The molecule has 0 radical (unpaired) electrons. The lowest BCUT2D eigenvalue weighted by Crippen LogP contribution is -2.35. The molecule has 0 bridgehead atoms. The van der Waals surface area contributed by atoms with Crippen LogP contribution < -0.4 is 5.32 Å². The highest BCUT2D eigenvalue weighted by Crippen LogP contribution is 2.10. The zero-order valence-electron chi connectivity index (χ0n) is 12.2. The Labute approximate surface area is 128 Å². The van der Waals surface area contributed by atoms with E-state index in [-0.39, 0.29) is 5.91 Å². The molecule has 22 heavy (non-hydrogen) atoms. The third kappa shape index (κ3) is 3.82. The summed E-state index contributed by atoms with van der Waals surface area (Å²) in [6.07, 6.45) is 4.17. The van der Waals surface area contributed by atoms with Crippen LogP contribution in [0.15, 0.2) is 55.4 Å². The number of hydrogen-bond donors (Lipinski definition) is 1. The summed E-state index contributed by atoms with van der Waals surface area (Å²) in [6, 6.07) is 8.59.